The number of rotatable bonds is 6. The summed E-state index contributed by atoms with van der Waals surface area (Å²) in [5.74, 6) is 0.463. The van der Waals surface area contributed by atoms with Gasteiger partial charge in [-0.05, 0) is 25.8 Å². The quantitative estimate of drug-likeness (QED) is 0.646. The summed E-state index contributed by atoms with van der Waals surface area (Å²) in [6.45, 7) is 4.72. The van der Waals surface area contributed by atoms with Crippen molar-refractivity contribution in [3.63, 3.8) is 0 Å². The molecule has 0 saturated carbocycles. The highest BCUT2D eigenvalue weighted by molar-refractivity contribution is 5.75. The minimum Gasteiger partial charge on any atom is -0.392 e. The molecule has 0 aromatic carbocycles. The number of nitrogens with two attached hydrogens (primary N) is 1. The van der Waals surface area contributed by atoms with Crippen molar-refractivity contribution in [2.24, 2.45) is 11.7 Å². The number of aliphatic hydroxyl groups is 1. The molecule has 84 valence electrons. The minimum absolute atomic E-state index is 0.0752. The van der Waals surface area contributed by atoms with Gasteiger partial charge >= 0.3 is 0 Å². The van der Waals surface area contributed by atoms with Crippen LogP contribution in [0.2, 0.25) is 0 Å². The van der Waals surface area contributed by atoms with E-state index in [2.05, 4.69) is 0 Å². The Morgan fingerprint density at radius 2 is 2.07 bits per heavy atom. The molecule has 2 atom stereocenters. The standard InChI is InChI=1S/C10H22N2O2/c1-8(6-11)4-5-10(14)12(3)7-9(2)13/h8-9,13H,4-7,11H2,1-3H3. The normalized spacial score (nSPS) is 14.9. The molecule has 0 saturated heterocycles. The van der Waals surface area contributed by atoms with Crippen LogP contribution in [0.4, 0.5) is 0 Å². The number of carbonyl (C=O) groups excluding carboxylic acids is 1. The highest BCUT2D eigenvalue weighted by Crippen LogP contribution is 2.05. The molecule has 0 aliphatic heterocycles. The largest absolute Gasteiger partial charge is 0.392 e. The van der Waals surface area contributed by atoms with E-state index in [0.717, 1.165) is 6.42 Å². The van der Waals surface area contributed by atoms with Gasteiger partial charge in [0.2, 0.25) is 5.91 Å². The summed E-state index contributed by atoms with van der Waals surface area (Å²) < 4.78 is 0. The number of likely N-dealkylation sites (N-methyl/N-ethyl adjacent to an activating group) is 1. The summed E-state index contributed by atoms with van der Waals surface area (Å²) in [5.41, 5.74) is 5.45. The maximum atomic E-state index is 11.5. The van der Waals surface area contributed by atoms with Crippen LogP contribution in [0.3, 0.4) is 0 Å². The summed E-state index contributed by atoms with van der Waals surface area (Å²) in [6, 6.07) is 0. The smallest absolute Gasteiger partial charge is 0.222 e. The predicted molar refractivity (Wildman–Crippen MR) is 56.8 cm³/mol. The second-order valence-electron chi connectivity index (χ2n) is 4.00. The highest BCUT2D eigenvalue weighted by atomic mass is 16.3. The molecule has 0 aliphatic rings. The number of carbonyl (C=O) groups is 1. The topological polar surface area (TPSA) is 66.6 Å². The fraction of sp³-hybridized carbons (Fsp3) is 0.900. The summed E-state index contributed by atoms with van der Waals surface area (Å²) in [6.07, 6.45) is 0.872. The minimum atomic E-state index is -0.462. The fourth-order valence-electron chi connectivity index (χ4n) is 1.18. The summed E-state index contributed by atoms with van der Waals surface area (Å²) in [7, 11) is 1.71. The monoisotopic (exact) mass is 202 g/mol. The van der Waals surface area contributed by atoms with Crippen molar-refractivity contribution >= 4 is 5.91 Å². The van der Waals surface area contributed by atoms with Crippen LogP contribution in [0, 0.1) is 5.92 Å². The lowest BCUT2D eigenvalue weighted by Crippen LogP contribution is -2.33. The van der Waals surface area contributed by atoms with Crippen LogP contribution >= 0.6 is 0 Å². The Morgan fingerprint density at radius 1 is 1.50 bits per heavy atom. The number of amides is 1. The van der Waals surface area contributed by atoms with Gasteiger partial charge in [0, 0.05) is 20.0 Å². The van der Waals surface area contributed by atoms with E-state index in [9.17, 15) is 4.79 Å². The van der Waals surface area contributed by atoms with Crippen molar-refractivity contribution in [2.45, 2.75) is 32.8 Å². The highest BCUT2D eigenvalue weighted by Gasteiger charge is 2.11. The van der Waals surface area contributed by atoms with Crippen molar-refractivity contribution < 1.29 is 9.90 Å². The first kappa shape index (κ1) is 13.4. The van der Waals surface area contributed by atoms with Crippen molar-refractivity contribution in [3.05, 3.63) is 0 Å². The third-order valence-corrected chi connectivity index (χ3v) is 2.22. The fourth-order valence-corrected chi connectivity index (χ4v) is 1.18. The number of hydrogen-bond donors (Lipinski definition) is 2. The maximum absolute atomic E-state index is 11.5. The molecule has 0 aromatic heterocycles. The van der Waals surface area contributed by atoms with E-state index in [4.69, 9.17) is 10.8 Å². The molecule has 0 spiro atoms. The van der Waals surface area contributed by atoms with Gasteiger partial charge in [-0.3, -0.25) is 4.79 Å². The summed E-state index contributed by atoms with van der Waals surface area (Å²) in [4.78, 5) is 13.0. The Hall–Kier alpha value is -0.610. The molecule has 0 aliphatic carbocycles. The van der Waals surface area contributed by atoms with Gasteiger partial charge in [-0.15, -0.1) is 0 Å². The van der Waals surface area contributed by atoms with E-state index in [1.165, 1.54) is 0 Å². The Labute approximate surface area is 86.1 Å². The molecule has 0 rings (SSSR count). The average molecular weight is 202 g/mol. The zero-order valence-corrected chi connectivity index (χ0v) is 9.36. The van der Waals surface area contributed by atoms with E-state index in [1.807, 2.05) is 6.92 Å². The molecule has 0 fully saturated rings. The third-order valence-electron chi connectivity index (χ3n) is 2.22. The third kappa shape index (κ3) is 5.94. The van der Waals surface area contributed by atoms with Crippen molar-refractivity contribution in [1.29, 1.82) is 0 Å². The first-order chi connectivity index (χ1) is 6.47. The Balaban J connectivity index is 3.73. The molecule has 0 radical (unpaired) electrons. The zero-order chi connectivity index (χ0) is 11.1. The second kappa shape index (κ2) is 6.79. The molecule has 0 bridgehead atoms. The van der Waals surface area contributed by atoms with Crippen LogP contribution < -0.4 is 5.73 Å². The van der Waals surface area contributed by atoms with Crippen molar-refractivity contribution in [1.82, 2.24) is 4.90 Å². The molecule has 3 N–H and O–H groups in total. The van der Waals surface area contributed by atoms with Crippen molar-refractivity contribution in [2.75, 3.05) is 20.1 Å². The first-order valence-corrected chi connectivity index (χ1v) is 5.09. The average Bonchev–Trinajstić information content (AvgIpc) is 2.12. The van der Waals surface area contributed by atoms with Crippen LogP contribution in [-0.4, -0.2) is 42.2 Å². The maximum Gasteiger partial charge on any atom is 0.222 e. The molecule has 4 heteroatoms. The van der Waals surface area contributed by atoms with Gasteiger partial charge in [-0.1, -0.05) is 6.92 Å². The van der Waals surface area contributed by atoms with Gasteiger partial charge in [0.05, 0.1) is 6.10 Å². The van der Waals surface area contributed by atoms with E-state index in [-0.39, 0.29) is 5.91 Å². The van der Waals surface area contributed by atoms with E-state index in [1.54, 1.807) is 18.9 Å². The van der Waals surface area contributed by atoms with E-state index in [0.29, 0.717) is 25.4 Å². The number of nitrogens with zero attached hydrogens (tertiary/aromatic N) is 1. The van der Waals surface area contributed by atoms with Crippen LogP contribution in [-0.2, 0) is 4.79 Å². The van der Waals surface area contributed by atoms with Crippen molar-refractivity contribution in [3.8, 4) is 0 Å². The van der Waals surface area contributed by atoms with Gasteiger partial charge < -0.3 is 15.7 Å². The van der Waals surface area contributed by atoms with Gasteiger partial charge in [0.1, 0.15) is 0 Å². The number of hydrogen-bond acceptors (Lipinski definition) is 3. The molecular formula is C10H22N2O2. The lowest BCUT2D eigenvalue weighted by Gasteiger charge is -2.19. The predicted octanol–water partition coefficient (Wildman–Crippen LogP) is 0.201. The summed E-state index contributed by atoms with van der Waals surface area (Å²) >= 11 is 0. The second-order valence-corrected chi connectivity index (χ2v) is 4.00. The Morgan fingerprint density at radius 3 is 2.50 bits per heavy atom. The van der Waals surface area contributed by atoms with Crippen LogP contribution in [0.25, 0.3) is 0 Å². The molecular weight excluding hydrogens is 180 g/mol. The molecule has 0 heterocycles. The molecule has 14 heavy (non-hydrogen) atoms. The van der Waals surface area contributed by atoms with Crippen LogP contribution in [0.15, 0.2) is 0 Å². The van der Waals surface area contributed by atoms with Crippen LogP contribution in [0.1, 0.15) is 26.7 Å². The summed E-state index contributed by atoms with van der Waals surface area (Å²) in [5, 5.41) is 9.08. The SMILES string of the molecule is CC(O)CN(C)C(=O)CCC(C)CN. The van der Waals surface area contributed by atoms with Gasteiger partial charge in [0.25, 0.3) is 0 Å². The molecule has 1 amide bonds. The van der Waals surface area contributed by atoms with E-state index < -0.39 is 6.10 Å². The Kier molecular flexibility index (Phi) is 6.49. The van der Waals surface area contributed by atoms with Gasteiger partial charge in [-0.25, -0.2) is 0 Å². The van der Waals surface area contributed by atoms with E-state index >= 15 is 0 Å². The number of aliphatic hydroxyl groups excluding tert-OH is 1. The lowest BCUT2D eigenvalue weighted by molar-refractivity contribution is -0.131. The molecule has 0 aromatic rings. The molecule has 4 nitrogen and oxygen atoms in total. The van der Waals surface area contributed by atoms with Gasteiger partial charge in [-0.2, -0.15) is 0 Å². The Bertz CT molecular complexity index is 172. The molecule has 2 unspecified atom stereocenters. The zero-order valence-electron chi connectivity index (χ0n) is 9.36. The van der Waals surface area contributed by atoms with Gasteiger partial charge in [0.15, 0.2) is 0 Å². The van der Waals surface area contributed by atoms with Crippen LogP contribution in [0.5, 0.6) is 0 Å². The lowest BCUT2D eigenvalue weighted by atomic mass is 10.1. The first-order valence-electron chi connectivity index (χ1n) is 5.09.